The fourth-order valence-electron chi connectivity index (χ4n) is 1.83. The molecular formula is C11H17IN2O2. The lowest BCUT2D eigenvalue weighted by Crippen LogP contribution is -2.24. The summed E-state index contributed by atoms with van der Waals surface area (Å²) in [5, 5.41) is 0. The SMILES string of the molecule is Cc1ncc(I)n1CCOC1CCCCO1. The highest BCUT2D eigenvalue weighted by Crippen LogP contribution is 2.14. The highest BCUT2D eigenvalue weighted by molar-refractivity contribution is 14.1. The van der Waals surface area contributed by atoms with Crippen molar-refractivity contribution in [3.05, 3.63) is 15.7 Å². The molecule has 1 aliphatic rings. The molecule has 1 aliphatic heterocycles. The van der Waals surface area contributed by atoms with Crippen LogP contribution < -0.4 is 0 Å². The zero-order valence-electron chi connectivity index (χ0n) is 9.49. The van der Waals surface area contributed by atoms with Crippen molar-refractivity contribution in [2.24, 2.45) is 0 Å². The van der Waals surface area contributed by atoms with Crippen LogP contribution in [0.1, 0.15) is 25.1 Å². The summed E-state index contributed by atoms with van der Waals surface area (Å²) in [6, 6.07) is 0. The number of hydrogen-bond acceptors (Lipinski definition) is 3. The lowest BCUT2D eigenvalue weighted by atomic mass is 10.2. The maximum absolute atomic E-state index is 5.69. The first-order valence-corrected chi connectivity index (χ1v) is 6.76. The number of aryl methyl sites for hydroxylation is 1. The van der Waals surface area contributed by atoms with E-state index in [0.29, 0.717) is 6.61 Å². The number of aromatic nitrogens is 2. The van der Waals surface area contributed by atoms with Gasteiger partial charge in [-0.1, -0.05) is 0 Å². The molecule has 0 aromatic carbocycles. The van der Waals surface area contributed by atoms with E-state index in [1.165, 1.54) is 12.8 Å². The van der Waals surface area contributed by atoms with Gasteiger partial charge < -0.3 is 14.0 Å². The zero-order chi connectivity index (χ0) is 11.4. The van der Waals surface area contributed by atoms with Gasteiger partial charge in [-0.2, -0.15) is 0 Å². The van der Waals surface area contributed by atoms with Gasteiger partial charge in [0.25, 0.3) is 0 Å². The first-order chi connectivity index (χ1) is 7.77. The molecule has 90 valence electrons. The Hall–Kier alpha value is -0.140. The van der Waals surface area contributed by atoms with Crippen LogP contribution >= 0.6 is 22.6 Å². The molecule has 0 radical (unpaired) electrons. The fourth-order valence-corrected chi connectivity index (χ4v) is 2.56. The van der Waals surface area contributed by atoms with Crippen molar-refractivity contribution in [3.63, 3.8) is 0 Å². The largest absolute Gasteiger partial charge is 0.353 e. The Balaban J connectivity index is 1.75. The molecule has 1 aromatic rings. The maximum atomic E-state index is 5.69. The summed E-state index contributed by atoms with van der Waals surface area (Å²) in [7, 11) is 0. The van der Waals surface area contributed by atoms with Gasteiger partial charge in [-0.05, 0) is 48.8 Å². The number of halogens is 1. The molecule has 1 saturated heterocycles. The molecular weight excluding hydrogens is 319 g/mol. The second-order valence-corrected chi connectivity index (χ2v) is 5.05. The molecule has 1 fully saturated rings. The smallest absolute Gasteiger partial charge is 0.157 e. The summed E-state index contributed by atoms with van der Waals surface area (Å²) in [5.74, 6) is 1.04. The minimum atomic E-state index is 0.00948. The van der Waals surface area contributed by atoms with Gasteiger partial charge in [-0.15, -0.1) is 0 Å². The summed E-state index contributed by atoms with van der Waals surface area (Å²) in [6.45, 7) is 4.40. The van der Waals surface area contributed by atoms with Crippen molar-refractivity contribution >= 4 is 22.6 Å². The second kappa shape index (κ2) is 5.97. The third kappa shape index (κ3) is 3.18. The minimum absolute atomic E-state index is 0.00948. The molecule has 1 atom stereocenters. The Labute approximate surface area is 109 Å². The Kier molecular flexibility index (Phi) is 4.60. The van der Waals surface area contributed by atoms with E-state index in [0.717, 1.165) is 29.1 Å². The van der Waals surface area contributed by atoms with Gasteiger partial charge in [0.05, 0.1) is 16.5 Å². The van der Waals surface area contributed by atoms with Crippen molar-refractivity contribution in [1.29, 1.82) is 0 Å². The predicted octanol–water partition coefficient (Wildman–Crippen LogP) is 2.34. The lowest BCUT2D eigenvalue weighted by molar-refractivity contribution is -0.163. The summed E-state index contributed by atoms with van der Waals surface area (Å²) < 4.78 is 14.5. The summed E-state index contributed by atoms with van der Waals surface area (Å²) >= 11 is 2.29. The van der Waals surface area contributed by atoms with E-state index in [2.05, 4.69) is 32.1 Å². The Morgan fingerprint density at radius 2 is 2.50 bits per heavy atom. The first-order valence-electron chi connectivity index (χ1n) is 5.68. The van der Waals surface area contributed by atoms with Crippen LogP contribution in [-0.4, -0.2) is 29.1 Å². The predicted molar refractivity (Wildman–Crippen MR) is 69.2 cm³/mol. The number of nitrogens with zero attached hydrogens (tertiary/aromatic N) is 2. The first kappa shape index (κ1) is 12.3. The Morgan fingerprint density at radius 1 is 1.62 bits per heavy atom. The quantitative estimate of drug-likeness (QED) is 0.792. The van der Waals surface area contributed by atoms with E-state index in [9.17, 15) is 0 Å². The van der Waals surface area contributed by atoms with E-state index >= 15 is 0 Å². The van der Waals surface area contributed by atoms with Crippen LogP contribution in [0.15, 0.2) is 6.20 Å². The average molecular weight is 336 g/mol. The molecule has 1 unspecified atom stereocenters. The number of rotatable bonds is 4. The van der Waals surface area contributed by atoms with Crippen LogP contribution in [0.4, 0.5) is 0 Å². The second-order valence-electron chi connectivity index (χ2n) is 3.95. The van der Waals surface area contributed by atoms with Crippen molar-refractivity contribution in [3.8, 4) is 0 Å². The fraction of sp³-hybridized carbons (Fsp3) is 0.727. The standard InChI is InChI=1S/C11H17IN2O2/c1-9-13-8-10(12)14(9)5-7-16-11-4-2-3-6-15-11/h8,11H,2-7H2,1H3. The molecule has 5 heteroatoms. The molecule has 0 spiro atoms. The maximum Gasteiger partial charge on any atom is 0.157 e. The molecule has 0 amide bonds. The van der Waals surface area contributed by atoms with E-state index < -0.39 is 0 Å². The zero-order valence-corrected chi connectivity index (χ0v) is 11.6. The molecule has 0 aliphatic carbocycles. The molecule has 16 heavy (non-hydrogen) atoms. The molecule has 1 aromatic heterocycles. The van der Waals surface area contributed by atoms with Crippen LogP contribution in [-0.2, 0) is 16.0 Å². The lowest BCUT2D eigenvalue weighted by Gasteiger charge is -2.22. The van der Waals surface area contributed by atoms with Gasteiger partial charge in [-0.25, -0.2) is 4.98 Å². The highest BCUT2D eigenvalue weighted by atomic mass is 127. The summed E-state index contributed by atoms with van der Waals surface area (Å²) in [4.78, 5) is 4.25. The van der Waals surface area contributed by atoms with E-state index in [1.54, 1.807) is 0 Å². The van der Waals surface area contributed by atoms with Crippen LogP contribution in [0.5, 0.6) is 0 Å². The Bertz CT molecular complexity index is 315. The van der Waals surface area contributed by atoms with Gasteiger partial charge >= 0.3 is 0 Å². The van der Waals surface area contributed by atoms with Crippen LogP contribution in [0.2, 0.25) is 0 Å². The van der Waals surface area contributed by atoms with Gasteiger partial charge in [0.15, 0.2) is 6.29 Å². The van der Waals surface area contributed by atoms with E-state index in [-0.39, 0.29) is 6.29 Å². The molecule has 0 bridgehead atoms. The normalized spacial score (nSPS) is 21.2. The number of hydrogen-bond donors (Lipinski definition) is 0. The molecule has 0 saturated carbocycles. The topological polar surface area (TPSA) is 36.3 Å². The van der Waals surface area contributed by atoms with E-state index in [1.807, 2.05) is 13.1 Å². The van der Waals surface area contributed by atoms with E-state index in [4.69, 9.17) is 9.47 Å². The van der Waals surface area contributed by atoms with Crippen molar-refractivity contribution in [1.82, 2.24) is 9.55 Å². The Morgan fingerprint density at radius 3 is 3.12 bits per heavy atom. The third-order valence-corrected chi connectivity index (χ3v) is 3.62. The monoisotopic (exact) mass is 336 g/mol. The van der Waals surface area contributed by atoms with Crippen LogP contribution in [0.25, 0.3) is 0 Å². The number of ether oxygens (including phenoxy) is 2. The highest BCUT2D eigenvalue weighted by Gasteiger charge is 2.14. The third-order valence-electron chi connectivity index (χ3n) is 2.76. The van der Waals surface area contributed by atoms with Crippen molar-refractivity contribution in [2.45, 2.75) is 39.0 Å². The molecule has 0 N–H and O–H groups in total. The van der Waals surface area contributed by atoms with Crippen molar-refractivity contribution < 1.29 is 9.47 Å². The minimum Gasteiger partial charge on any atom is -0.353 e. The van der Waals surface area contributed by atoms with Gasteiger partial charge in [0.1, 0.15) is 5.82 Å². The van der Waals surface area contributed by atoms with Crippen molar-refractivity contribution in [2.75, 3.05) is 13.2 Å². The summed E-state index contributed by atoms with van der Waals surface area (Å²) in [6.07, 6.45) is 5.30. The summed E-state index contributed by atoms with van der Waals surface area (Å²) in [5.41, 5.74) is 0. The van der Waals surface area contributed by atoms with Gasteiger partial charge in [0, 0.05) is 13.2 Å². The number of imidazole rings is 1. The molecule has 4 nitrogen and oxygen atoms in total. The van der Waals surface area contributed by atoms with Gasteiger partial charge in [-0.3, -0.25) is 0 Å². The van der Waals surface area contributed by atoms with Crippen LogP contribution in [0, 0.1) is 10.6 Å². The molecule has 2 heterocycles. The molecule has 2 rings (SSSR count). The van der Waals surface area contributed by atoms with Crippen LogP contribution in [0.3, 0.4) is 0 Å². The average Bonchev–Trinajstić information content (AvgIpc) is 2.62. The van der Waals surface area contributed by atoms with Gasteiger partial charge in [0.2, 0.25) is 0 Å².